The lowest BCUT2D eigenvalue weighted by atomic mass is 9.99. The van der Waals surface area contributed by atoms with E-state index in [2.05, 4.69) is 4.98 Å². The molecule has 2 aromatic rings. The number of hydrogen-bond donors (Lipinski definition) is 7. The van der Waals surface area contributed by atoms with Crippen molar-refractivity contribution in [2.45, 2.75) is 55.1 Å². The molecule has 1 aromatic carbocycles. The van der Waals surface area contributed by atoms with E-state index >= 15 is 0 Å². The molecule has 0 spiro atoms. The monoisotopic (exact) mass is 455 g/mol. The van der Waals surface area contributed by atoms with E-state index in [-0.39, 0.29) is 19.8 Å². The molecule has 0 aliphatic carbocycles. The Morgan fingerprint density at radius 3 is 2.56 bits per heavy atom. The Hall–Kier alpha value is -1.64. The summed E-state index contributed by atoms with van der Waals surface area (Å²) in [5, 5.41) is 61.0. The second-order valence-electron chi connectivity index (χ2n) is 8.21. The Balaban J connectivity index is 1.32. The predicted octanol–water partition coefficient (Wildman–Crippen LogP) is -2.01. The number of aromatic amines is 1. The number of benzene rings is 1. The normalized spacial score (nSPS) is 37.9. The minimum atomic E-state index is -1.85. The lowest BCUT2D eigenvalue weighted by Gasteiger charge is -2.40. The first-order chi connectivity index (χ1) is 15.3. The van der Waals surface area contributed by atoms with Crippen molar-refractivity contribution in [3.63, 3.8) is 0 Å². The van der Waals surface area contributed by atoms with E-state index in [1.807, 2.05) is 30.5 Å². The molecule has 0 radical (unpaired) electrons. The van der Waals surface area contributed by atoms with Crippen LogP contribution in [-0.2, 0) is 25.4 Å². The summed E-state index contributed by atoms with van der Waals surface area (Å²) in [5.74, 6) is 0. The van der Waals surface area contributed by atoms with E-state index < -0.39 is 55.3 Å². The van der Waals surface area contributed by atoms with Gasteiger partial charge in [-0.3, -0.25) is 0 Å². The molecule has 32 heavy (non-hydrogen) atoms. The van der Waals surface area contributed by atoms with E-state index in [4.69, 9.17) is 18.9 Å². The van der Waals surface area contributed by atoms with Crippen molar-refractivity contribution < 1.29 is 49.6 Å². The van der Waals surface area contributed by atoms with Crippen LogP contribution in [0.25, 0.3) is 10.9 Å². The minimum Gasteiger partial charge on any atom is -0.393 e. The first-order valence-corrected chi connectivity index (χ1v) is 10.4. The van der Waals surface area contributed by atoms with Gasteiger partial charge in [-0.05, 0) is 18.1 Å². The Morgan fingerprint density at radius 2 is 1.81 bits per heavy atom. The van der Waals surface area contributed by atoms with Gasteiger partial charge in [0.05, 0.1) is 26.4 Å². The van der Waals surface area contributed by atoms with Gasteiger partial charge in [0.15, 0.2) is 12.6 Å². The van der Waals surface area contributed by atoms with E-state index in [1.54, 1.807) is 0 Å². The van der Waals surface area contributed by atoms with E-state index in [1.165, 1.54) is 0 Å². The lowest BCUT2D eigenvalue weighted by Crippen LogP contribution is -2.59. The third-order valence-electron chi connectivity index (χ3n) is 6.00. The number of ether oxygens (including phenoxy) is 4. The first-order valence-electron chi connectivity index (χ1n) is 10.4. The standard InChI is InChI=1S/C21H29NO10/c23-9-21(28)10-31-20(18(21)27)30-8-14-15(24)16(25)17(26)19(32-14)29-6-5-11-7-22-13-4-2-1-3-12(11)13/h1-4,7,14-20,22-28H,5-6,8-10H2/t14-,15-,16+,17-,18+,19-,20-,21-/m1/s1. The second-order valence-corrected chi connectivity index (χ2v) is 8.21. The van der Waals surface area contributed by atoms with Crippen LogP contribution >= 0.6 is 0 Å². The van der Waals surface area contributed by atoms with Crippen molar-refractivity contribution in [2.75, 3.05) is 26.4 Å². The number of hydrogen-bond acceptors (Lipinski definition) is 10. The fourth-order valence-corrected chi connectivity index (χ4v) is 3.94. The van der Waals surface area contributed by atoms with Gasteiger partial charge < -0.3 is 54.6 Å². The minimum absolute atomic E-state index is 0.188. The third-order valence-corrected chi connectivity index (χ3v) is 6.00. The zero-order chi connectivity index (χ0) is 22.9. The highest BCUT2D eigenvalue weighted by atomic mass is 16.7. The Bertz CT molecular complexity index is 892. The molecule has 0 saturated carbocycles. The van der Waals surface area contributed by atoms with Crippen molar-refractivity contribution in [1.82, 2.24) is 4.98 Å². The maximum atomic E-state index is 10.2. The number of H-pyrrole nitrogens is 1. The molecule has 2 aliphatic rings. The maximum absolute atomic E-state index is 10.2. The zero-order valence-electron chi connectivity index (χ0n) is 17.3. The molecule has 1 aromatic heterocycles. The van der Waals surface area contributed by atoms with Crippen LogP contribution < -0.4 is 0 Å². The van der Waals surface area contributed by atoms with Crippen molar-refractivity contribution >= 4 is 10.9 Å². The average Bonchev–Trinajstić information content (AvgIpc) is 3.34. The maximum Gasteiger partial charge on any atom is 0.186 e. The van der Waals surface area contributed by atoms with Crippen molar-refractivity contribution in [3.8, 4) is 0 Å². The molecule has 2 fully saturated rings. The SMILES string of the molecule is OC[C@@]1(O)CO[C@@H](OC[C@H]2O[C@@H](OCCc3c[nH]c4ccccc34)[C@H](O)[C@@H](O)[C@@H]2O)[C@@H]1O. The molecule has 0 unspecified atom stereocenters. The number of aliphatic hydroxyl groups excluding tert-OH is 5. The molecule has 0 bridgehead atoms. The summed E-state index contributed by atoms with van der Waals surface area (Å²) in [7, 11) is 0. The molecule has 2 aliphatic heterocycles. The quantitative estimate of drug-likeness (QED) is 0.236. The van der Waals surface area contributed by atoms with Crippen LogP contribution in [0.2, 0.25) is 0 Å². The molecular formula is C21H29NO10. The van der Waals surface area contributed by atoms with Crippen LogP contribution in [-0.4, -0.2) is 111 Å². The van der Waals surface area contributed by atoms with E-state index in [9.17, 15) is 30.6 Å². The third kappa shape index (κ3) is 4.54. The number of fused-ring (bicyclic) bond motifs is 1. The fourth-order valence-electron chi connectivity index (χ4n) is 3.94. The summed E-state index contributed by atoms with van der Waals surface area (Å²) in [5.41, 5.74) is 0.173. The summed E-state index contributed by atoms with van der Waals surface area (Å²) in [4.78, 5) is 3.17. The topological polar surface area (TPSA) is 174 Å². The van der Waals surface area contributed by atoms with Crippen LogP contribution in [0.5, 0.6) is 0 Å². The summed E-state index contributed by atoms with van der Waals surface area (Å²) < 4.78 is 21.8. The van der Waals surface area contributed by atoms with Crippen LogP contribution in [0.1, 0.15) is 5.56 Å². The Morgan fingerprint density at radius 1 is 1.03 bits per heavy atom. The van der Waals surface area contributed by atoms with Crippen molar-refractivity contribution in [1.29, 1.82) is 0 Å². The van der Waals surface area contributed by atoms with Gasteiger partial charge in [-0.15, -0.1) is 0 Å². The molecular weight excluding hydrogens is 426 g/mol. The average molecular weight is 455 g/mol. The van der Waals surface area contributed by atoms with Gasteiger partial charge in [-0.2, -0.15) is 0 Å². The van der Waals surface area contributed by atoms with Crippen LogP contribution in [0.15, 0.2) is 30.5 Å². The highest BCUT2D eigenvalue weighted by molar-refractivity contribution is 5.83. The molecule has 4 rings (SSSR count). The van der Waals surface area contributed by atoms with Crippen LogP contribution in [0.3, 0.4) is 0 Å². The molecule has 2 saturated heterocycles. The summed E-state index contributed by atoms with van der Waals surface area (Å²) >= 11 is 0. The van der Waals surface area contributed by atoms with Gasteiger partial charge in [-0.1, -0.05) is 18.2 Å². The molecule has 7 N–H and O–H groups in total. The number of para-hydroxylation sites is 1. The smallest absolute Gasteiger partial charge is 0.186 e. The van der Waals surface area contributed by atoms with Gasteiger partial charge in [0.1, 0.15) is 36.1 Å². The largest absolute Gasteiger partial charge is 0.393 e. The summed E-state index contributed by atoms with van der Waals surface area (Å²) in [6.07, 6.45) is -7.16. The van der Waals surface area contributed by atoms with Crippen LogP contribution in [0.4, 0.5) is 0 Å². The number of rotatable bonds is 8. The molecule has 11 nitrogen and oxygen atoms in total. The summed E-state index contributed by atoms with van der Waals surface area (Å²) in [6, 6.07) is 7.81. The number of aromatic nitrogens is 1. The second kappa shape index (κ2) is 9.69. The molecule has 11 heteroatoms. The summed E-state index contributed by atoms with van der Waals surface area (Å²) in [6.45, 7) is -1.18. The molecule has 3 heterocycles. The number of aliphatic hydroxyl groups is 6. The highest BCUT2D eigenvalue weighted by Crippen LogP contribution is 2.28. The van der Waals surface area contributed by atoms with E-state index in [0.717, 1.165) is 16.5 Å². The highest BCUT2D eigenvalue weighted by Gasteiger charge is 2.50. The molecule has 0 amide bonds. The van der Waals surface area contributed by atoms with Gasteiger partial charge in [-0.25, -0.2) is 0 Å². The van der Waals surface area contributed by atoms with Gasteiger partial charge in [0, 0.05) is 17.1 Å². The Kier molecular flexibility index (Phi) is 7.12. The number of nitrogens with one attached hydrogen (secondary N) is 1. The van der Waals surface area contributed by atoms with Gasteiger partial charge in [0.25, 0.3) is 0 Å². The predicted molar refractivity (Wildman–Crippen MR) is 108 cm³/mol. The molecule has 178 valence electrons. The van der Waals surface area contributed by atoms with Crippen molar-refractivity contribution in [3.05, 3.63) is 36.0 Å². The van der Waals surface area contributed by atoms with Gasteiger partial charge in [0.2, 0.25) is 0 Å². The first kappa shape index (κ1) is 23.5. The van der Waals surface area contributed by atoms with Crippen LogP contribution in [0, 0.1) is 0 Å². The zero-order valence-corrected chi connectivity index (χ0v) is 17.3. The Labute approximate surface area is 183 Å². The molecule has 8 atom stereocenters. The van der Waals surface area contributed by atoms with E-state index in [0.29, 0.717) is 6.42 Å². The van der Waals surface area contributed by atoms with Crippen molar-refractivity contribution in [2.24, 2.45) is 0 Å². The van der Waals surface area contributed by atoms with Gasteiger partial charge >= 0.3 is 0 Å². The fraction of sp³-hybridized carbons (Fsp3) is 0.619. The lowest BCUT2D eigenvalue weighted by molar-refractivity contribution is -0.309.